The number of halogens is 1. The number of likely N-dealkylation sites (tertiary alicyclic amines) is 2. The molecule has 5 nitrogen and oxygen atoms in total. The van der Waals surface area contributed by atoms with Crippen LogP contribution in [0.2, 0.25) is 0 Å². The van der Waals surface area contributed by atoms with Crippen LogP contribution in [0.25, 0.3) is 0 Å². The standard InChI is InChI=1S/C19H27FN2O3/c1-24-13-12-22-9-2-7-19(18(22)23)8-10-21(15-19)11-14-25-17-5-3-16(20)4-6-17/h3-6H,2,7-15H2,1H3. The van der Waals surface area contributed by atoms with Crippen LogP contribution in [0.4, 0.5) is 4.39 Å². The molecule has 2 aliphatic rings. The van der Waals surface area contributed by atoms with Gasteiger partial charge in [-0.3, -0.25) is 9.69 Å². The zero-order valence-corrected chi connectivity index (χ0v) is 14.9. The number of hydrogen-bond acceptors (Lipinski definition) is 4. The molecule has 1 aromatic rings. The summed E-state index contributed by atoms with van der Waals surface area (Å²) in [6.45, 7) is 5.19. The molecule has 3 rings (SSSR count). The molecule has 2 aliphatic heterocycles. The highest BCUT2D eigenvalue weighted by atomic mass is 19.1. The Labute approximate surface area is 148 Å². The monoisotopic (exact) mass is 350 g/mol. The molecule has 1 aromatic carbocycles. The summed E-state index contributed by atoms with van der Waals surface area (Å²) >= 11 is 0. The first-order chi connectivity index (χ1) is 12.1. The largest absolute Gasteiger partial charge is 0.492 e. The minimum absolute atomic E-state index is 0.220. The third-order valence-corrected chi connectivity index (χ3v) is 5.31. The van der Waals surface area contributed by atoms with E-state index in [1.807, 2.05) is 4.90 Å². The van der Waals surface area contributed by atoms with Crippen molar-refractivity contribution in [1.29, 1.82) is 0 Å². The molecule has 6 heteroatoms. The van der Waals surface area contributed by atoms with Gasteiger partial charge in [-0.05, 0) is 50.1 Å². The Balaban J connectivity index is 1.48. The van der Waals surface area contributed by atoms with Crippen LogP contribution >= 0.6 is 0 Å². The molecule has 0 N–H and O–H groups in total. The molecule has 0 bridgehead atoms. The van der Waals surface area contributed by atoms with Crippen molar-refractivity contribution in [2.75, 3.05) is 53.0 Å². The normalized spacial score (nSPS) is 24.2. The summed E-state index contributed by atoms with van der Waals surface area (Å²) in [6, 6.07) is 6.07. The highest BCUT2D eigenvalue weighted by Crippen LogP contribution is 2.39. The molecule has 25 heavy (non-hydrogen) atoms. The molecule has 2 saturated heterocycles. The Hall–Kier alpha value is -1.66. The first kappa shape index (κ1) is 18.1. The molecule has 138 valence electrons. The van der Waals surface area contributed by atoms with Gasteiger partial charge in [-0.1, -0.05) is 0 Å². The van der Waals surface area contributed by atoms with Crippen molar-refractivity contribution in [2.24, 2.45) is 5.41 Å². The van der Waals surface area contributed by atoms with Crippen LogP contribution in [-0.2, 0) is 9.53 Å². The number of hydrogen-bond donors (Lipinski definition) is 0. The van der Waals surface area contributed by atoms with Crippen molar-refractivity contribution in [3.05, 3.63) is 30.1 Å². The summed E-state index contributed by atoms with van der Waals surface area (Å²) in [4.78, 5) is 17.2. The summed E-state index contributed by atoms with van der Waals surface area (Å²) in [5, 5.41) is 0. The first-order valence-corrected chi connectivity index (χ1v) is 9.02. The quantitative estimate of drug-likeness (QED) is 0.756. The highest BCUT2D eigenvalue weighted by Gasteiger charge is 2.47. The average molecular weight is 350 g/mol. The zero-order valence-electron chi connectivity index (χ0n) is 14.9. The van der Waals surface area contributed by atoms with E-state index >= 15 is 0 Å². The fourth-order valence-corrected chi connectivity index (χ4v) is 3.92. The van der Waals surface area contributed by atoms with E-state index in [9.17, 15) is 9.18 Å². The Morgan fingerprint density at radius 1 is 1.12 bits per heavy atom. The van der Waals surface area contributed by atoms with E-state index in [0.29, 0.717) is 25.5 Å². The Morgan fingerprint density at radius 3 is 2.68 bits per heavy atom. The third-order valence-electron chi connectivity index (χ3n) is 5.31. The summed E-state index contributed by atoms with van der Waals surface area (Å²) in [6.07, 6.45) is 2.96. The van der Waals surface area contributed by atoms with Crippen molar-refractivity contribution >= 4 is 5.91 Å². The van der Waals surface area contributed by atoms with Gasteiger partial charge in [0, 0.05) is 33.3 Å². The number of piperidine rings is 1. The molecule has 1 unspecified atom stereocenters. The van der Waals surface area contributed by atoms with Crippen molar-refractivity contribution in [3.63, 3.8) is 0 Å². The minimum atomic E-state index is -0.261. The number of carbonyl (C=O) groups is 1. The minimum Gasteiger partial charge on any atom is -0.492 e. The van der Waals surface area contributed by atoms with Crippen molar-refractivity contribution < 1.29 is 18.7 Å². The SMILES string of the molecule is COCCN1CCCC2(CCN(CCOc3ccc(F)cc3)C2)C1=O. The van der Waals surface area contributed by atoms with Gasteiger partial charge in [0.1, 0.15) is 18.2 Å². The molecule has 2 fully saturated rings. The van der Waals surface area contributed by atoms with Crippen LogP contribution < -0.4 is 4.74 Å². The lowest BCUT2D eigenvalue weighted by Crippen LogP contribution is -2.51. The molecule has 1 atom stereocenters. The maximum absolute atomic E-state index is 12.9. The van der Waals surface area contributed by atoms with Gasteiger partial charge in [-0.2, -0.15) is 0 Å². The molecule has 2 heterocycles. The number of benzene rings is 1. The van der Waals surface area contributed by atoms with Gasteiger partial charge in [-0.15, -0.1) is 0 Å². The van der Waals surface area contributed by atoms with E-state index in [2.05, 4.69) is 4.90 Å². The molecular weight excluding hydrogens is 323 g/mol. The van der Waals surface area contributed by atoms with Gasteiger partial charge >= 0.3 is 0 Å². The fourth-order valence-electron chi connectivity index (χ4n) is 3.92. The summed E-state index contributed by atoms with van der Waals surface area (Å²) in [5.74, 6) is 0.704. The van der Waals surface area contributed by atoms with Crippen LogP contribution in [-0.4, -0.2) is 68.8 Å². The number of carbonyl (C=O) groups excluding carboxylic acids is 1. The van der Waals surface area contributed by atoms with Gasteiger partial charge in [-0.25, -0.2) is 4.39 Å². The Morgan fingerprint density at radius 2 is 1.92 bits per heavy atom. The van der Waals surface area contributed by atoms with Crippen molar-refractivity contribution in [2.45, 2.75) is 19.3 Å². The summed E-state index contributed by atoms with van der Waals surface area (Å²) in [5.41, 5.74) is -0.220. The zero-order chi connectivity index (χ0) is 17.7. The maximum Gasteiger partial charge on any atom is 0.230 e. The van der Waals surface area contributed by atoms with Gasteiger partial charge in [0.25, 0.3) is 0 Å². The highest BCUT2D eigenvalue weighted by molar-refractivity contribution is 5.84. The van der Waals surface area contributed by atoms with Crippen LogP contribution in [0.1, 0.15) is 19.3 Å². The van der Waals surface area contributed by atoms with E-state index in [4.69, 9.17) is 9.47 Å². The van der Waals surface area contributed by atoms with Crippen LogP contribution in [0.15, 0.2) is 24.3 Å². The lowest BCUT2D eigenvalue weighted by atomic mass is 9.78. The van der Waals surface area contributed by atoms with Gasteiger partial charge in [0.2, 0.25) is 5.91 Å². The smallest absolute Gasteiger partial charge is 0.230 e. The van der Waals surface area contributed by atoms with E-state index in [1.165, 1.54) is 12.1 Å². The molecule has 0 radical (unpaired) electrons. The maximum atomic E-state index is 12.9. The lowest BCUT2D eigenvalue weighted by Gasteiger charge is -2.39. The van der Waals surface area contributed by atoms with Crippen molar-refractivity contribution in [1.82, 2.24) is 9.80 Å². The Kier molecular flexibility index (Phi) is 5.91. The fraction of sp³-hybridized carbons (Fsp3) is 0.632. The predicted octanol–water partition coefficient (Wildman–Crippen LogP) is 2.17. The van der Waals surface area contributed by atoms with Gasteiger partial charge < -0.3 is 14.4 Å². The van der Waals surface area contributed by atoms with E-state index in [1.54, 1.807) is 19.2 Å². The van der Waals surface area contributed by atoms with Crippen LogP contribution in [0, 0.1) is 11.2 Å². The van der Waals surface area contributed by atoms with E-state index in [0.717, 1.165) is 45.4 Å². The molecule has 0 aromatic heterocycles. The second-order valence-corrected chi connectivity index (χ2v) is 7.00. The van der Waals surface area contributed by atoms with Crippen LogP contribution in [0.5, 0.6) is 5.75 Å². The molecule has 0 saturated carbocycles. The number of ether oxygens (including phenoxy) is 2. The number of amides is 1. The van der Waals surface area contributed by atoms with Crippen LogP contribution in [0.3, 0.4) is 0 Å². The molecule has 1 spiro atoms. The van der Waals surface area contributed by atoms with E-state index in [-0.39, 0.29) is 17.1 Å². The topological polar surface area (TPSA) is 42.0 Å². The Bertz CT molecular complexity index is 581. The molecule has 1 amide bonds. The number of methoxy groups -OCH3 is 1. The molecule has 0 aliphatic carbocycles. The number of nitrogens with zero attached hydrogens (tertiary/aromatic N) is 2. The summed E-state index contributed by atoms with van der Waals surface area (Å²) in [7, 11) is 1.67. The second kappa shape index (κ2) is 8.15. The lowest BCUT2D eigenvalue weighted by molar-refractivity contribution is -0.146. The van der Waals surface area contributed by atoms with Gasteiger partial charge in [0.15, 0.2) is 0 Å². The summed E-state index contributed by atoms with van der Waals surface area (Å²) < 4.78 is 23.7. The first-order valence-electron chi connectivity index (χ1n) is 9.02. The van der Waals surface area contributed by atoms with Gasteiger partial charge in [0.05, 0.1) is 12.0 Å². The third kappa shape index (κ3) is 4.30. The number of rotatable bonds is 7. The van der Waals surface area contributed by atoms with Crippen molar-refractivity contribution in [3.8, 4) is 5.75 Å². The second-order valence-electron chi connectivity index (χ2n) is 7.00. The van der Waals surface area contributed by atoms with E-state index < -0.39 is 0 Å². The predicted molar refractivity (Wildman–Crippen MR) is 93.1 cm³/mol. The molecular formula is C19H27FN2O3. The average Bonchev–Trinajstić information content (AvgIpc) is 3.02.